The van der Waals surface area contributed by atoms with E-state index in [1.54, 1.807) is 6.92 Å². The molecule has 0 spiro atoms. The highest BCUT2D eigenvalue weighted by molar-refractivity contribution is 7.92. The summed E-state index contributed by atoms with van der Waals surface area (Å²) >= 11 is 12.0. The quantitative estimate of drug-likeness (QED) is 0.658. The van der Waals surface area contributed by atoms with E-state index in [-0.39, 0.29) is 22.3 Å². The molecule has 7 nitrogen and oxygen atoms in total. The van der Waals surface area contributed by atoms with Crippen LogP contribution in [0.15, 0.2) is 42.5 Å². The Bertz CT molecular complexity index is 978. The Kier molecular flexibility index (Phi) is 7.29. The lowest BCUT2D eigenvalue weighted by Crippen LogP contribution is -2.37. The van der Waals surface area contributed by atoms with Crippen LogP contribution in [0.1, 0.15) is 17.3 Å². The number of nitrogens with zero attached hydrogens (tertiary/aromatic N) is 1. The second-order valence-corrected chi connectivity index (χ2v) is 8.38. The van der Waals surface area contributed by atoms with Gasteiger partial charge in [0.2, 0.25) is 15.9 Å². The van der Waals surface area contributed by atoms with E-state index in [2.05, 4.69) is 5.32 Å². The third kappa shape index (κ3) is 5.60. The van der Waals surface area contributed by atoms with Crippen LogP contribution in [0.3, 0.4) is 0 Å². The van der Waals surface area contributed by atoms with E-state index in [4.69, 9.17) is 27.9 Å². The van der Waals surface area contributed by atoms with Crippen molar-refractivity contribution in [1.29, 1.82) is 0 Å². The zero-order chi connectivity index (χ0) is 20.9. The van der Waals surface area contributed by atoms with Crippen molar-refractivity contribution in [3.63, 3.8) is 0 Å². The lowest BCUT2D eigenvalue weighted by atomic mass is 10.2. The van der Waals surface area contributed by atoms with Crippen LogP contribution in [-0.2, 0) is 19.6 Å². The molecule has 0 aromatic heterocycles. The van der Waals surface area contributed by atoms with Gasteiger partial charge in [0.15, 0.2) is 0 Å². The number of amides is 1. The van der Waals surface area contributed by atoms with Crippen molar-refractivity contribution < 1.29 is 22.7 Å². The number of hydrogen-bond acceptors (Lipinski definition) is 5. The van der Waals surface area contributed by atoms with E-state index in [1.165, 1.54) is 42.5 Å². The van der Waals surface area contributed by atoms with Gasteiger partial charge in [-0.25, -0.2) is 13.2 Å². The molecule has 2 rings (SSSR count). The molecule has 150 valence electrons. The van der Waals surface area contributed by atoms with Crippen LogP contribution in [0, 0.1) is 0 Å². The molecule has 0 saturated carbocycles. The normalized spacial score (nSPS) is 11.0. The number of rotatable bonds is 7. The fourth-order valence-corrected chi connectivity index (χ4v) is 3.61. The summed E-state index contributed by atoms with van der Waals surface area (Å²) in [5.74, 6) is -1.07. The first-order valence-corrected chi connectivity index (χ1v) is 10.7. The lowest BCUT2D eigenvalue weighted by Gasteiger charge is -2.23. The Hall–Kier alpha value is -2.29. The van der Waals surface area contributed by atoms with Crippen LogP contribution in [-0.4, -0.2) is 39.7 Å². The fraction of sp³-hybridized carbons (Fsp3) is 0.222. The second-order valence-electron chi connectivity index (χ2n) is 5.69. The van der Waals surface area contributed by atoms with Gasteiger partial charge in [-0.05, 0) is 43.3 Å². The average molecular weight is 445 g/mol. The van der Waals surface area contributed by atoms with Gasteiger partial charge >= 0.3 is 5.97 Å². The van der Waals surface area contributed by atoms with Crippen LogP contribution >= 0.6 is 23.2 Å². The third-order valence-corrected chi connectivity index (χ3v) is 5.50. The van der Waals surface area contributed by atoms with Gasteiger partial charge in [-0.15, -0.1) is 0 Å². The minimum Gasteiger partial charge on any atom is -0.462 e. The lowest BCUT2D eigenvalue weighted by molar-refractivity contribution is -0.114. The van der Waals surface area contributed by atoms with E-state index < -0.39 is 28.4 Å². The molecule has 2 aromatic carbocycles. The number of ether oxygens (including phenoxy) is 1. The smallest absolute Gasteiger partial charge is 0.338 e. The van der Waals surface area contributed by atoms with Crippen LogP contribution < -0.4 is 9.62 Å². The number of carbonyl (C=O) groups is 2. The van der Waals surface area contributed by atoms with E-state index in [1.807, 2.05) is 0 Å². The molecular weight excluding hydrogens is 427 g/mol. The molecule has 0 saturated heterocycles. The average Bonchev–Trinajstić information content (AvgIpc) is 2.62. The Morgan fingerprint density at radius 1 is 1.11 bits per heavy atom. The number of halogens is 2. The molecule has 0 heterocycles. The first-order chi connectivity index (χ1) is 13.1. The number of anilines is 2. The molecule has 0 unspecified atom stereocenters. The maximum Gasteiger partial charge on any atom is 0.338 e. The molecule has 28 heavy (non-hydrogen) atoms. The summed E-state index contributed by atoms with van der Waals surface area (Å²) in [6.45, 7) is 1.45. The highest BCUT2D eigenvalue weighted by Gasteiger charge is 2.24. The van der Waals surface area contributed by atoms with E-state index in [0.29, 0.717) is 11.3 Å². The summed E-state index contributed by atoms with van der Waals surface area (Å²) in [7, 11) is -3.80. The Morgan fingerprint density at radius 2 is 1.75 bits per heavy atom. The molecule has 1 amide bonds. The van der Waals surface area contributed by atoms with Crippen LogP contribution in [0.25, 0.3) is 0 Å². The molecule has 0 fully saturated rings. The number of hydrogen-bond donors (Lipinski definition) is 1. The zero-order valence-corrected chi connectivity index (χ0v) is 17.4. The van der Waals surface area contributed by atoms with Gasteiger partial charge in [-0.3, -0.25) is 9.10 Å². The minimum absolute atomic E-state index is 0.0289. The largest absolute Gasteiger partial charge is 0.462 e. The van der Waals surface area contributed by atoms with E-state index in [0.717, 1.165) is 10.6 Å². The van der Waals surface area contributed by atoms with Crippen molar-refractivity contribution in [2.45, 2.75) is 6.92 Å². The molecular formula is C18H18Cl2N2O5S. The predicted molar refractivity (Wildman–Crippen MR) is 110 cm³/mol. The minimum atomic E-state index is -3.80. The molecule has 1 N–H and O–H groups in total. The number of carbonyl (C=O) groups excluding carboxylic acids is 2. The molecule has 0 bridgehead atoms. The Labute approximate surface area is 173 Å². The van der Waals surface area contributed by atoms with Gasteiger partial charge in [0.1, 0.15) is 6.54 Å². The second kappa shape index (κ2) is 9.27. The summed E-state index contributed by atoms with van der Waals surface area (Å²) in [4.78, 5) is 24.0. The summed E-state index contributed by atoms with van der Waals surface area (Å²) in [5.41, 5.74) is 0.830. The monoisotopic (exact) mass is 444 g/mol. The highest BCUT2D eigenvalue weighted by Crippen LogP contribution is 2.33. The molecule has 0 aliphatic carbocycles. The van der Waals surface area contributed by atoms with Crippen molar-refractivity contribution in [3.8, 4) is 0 Å². The van der Waals surface area contributed by atoms with Gasteiger partial charge in [0.05, 0.1) is 34.2 Å². The molecule has 0 atom stereocenters. The van der Waals surface area contributed by atoms with Gasteiger partial charge in [0.25, 0.3) is 0 Å². The highest BCUT2D eigenvalue weighted by atomic mass is 35.5. The SMILES string of the molecule is CCOC(=O)c1ccc(NC(=O)CN(c2cccc(Cl)c2Cl)S(C)(=O)=O)cc1. The summed E-state index contributed by atoms with van der Waals surface area (Å²) in [6, 6.07) is 10.5. The van der Waals surface area contributed by atoms with Gasteiger partial charge in [0, 0.05) is 5.69 Å². The first kappa shape index (κ1) is 22.0. The van der Waals surface area contributed by atoms with E-state index in [9.17, 15) is 18.0 Å². The number of esters is 1. The van der Waals surface area contributed by atoms with Gasteiger partial charge < -0.3 is 10.1 Å². The Morgan fingerprint density at radius 3 is 2.32 bits per heavy atom. The molecule has 2 aromatic rings. The van der Waals surface area contributed by atoms with Crippen molar-refractivity contribution in [2.24, 2.45) is 0 Å². The van der Waals surface area contributed by atoms with Crippen LogP contribution in [0.4, 0.5) is 11.4 Å². The molecule has 0 aliphatic heterocycles. The van der Waals surface area contributed by atoms with E-state index >= 15 is 0 Å². The third-order valence-electron chi connectivity index (χ3n) is 3.57. The molecule has 10 heteroatoms. The summed E-state index contributed by atoms with van der Waals surface area (Å²) in [5, 5.41) is 2.77. The van der Waals surface area contributed by atoms with Crippen molar-refractivity contribution in [1.82, 2.24) is 0 Å². The van der Waals surface area contributed by atoms with Crippen molar-refractivity contribution in [3.05, 3.63) is 58.1 Å². The topological polar surface area (TPSA) is 92.8 Å². The fourth-order valence-electron chi connectivity index (χ4n) is 2.30. The van der Waals surface area contributed by atoms with Gasteiger partial charge in [-0.1, -0.05) is 29.3 Å². The molecule has 0 radical (unpaired) electrons. The van der Waals surface area contributed by atoms with Crippen LogP contribution in [0.5, 0.6) is 0 Å². The zero-order valence-electron chi connectivity index (χ0n) is 15.1. The standard InChI is InChI=1S/C18H18Cl2N2O5S/c1-3-27-18(24)12-7-9-13(10-8-12)21-16(23)11-22(28(2,25)26)15-6-4-5-14(19)17(15)20/h4-10H,3,11H2,1-2H3,(H,21,23). The number of nitrogens with one attached hydrogen (secondary N) is 1. The van der Waals surface area contributed by atoms with Gasteiger partial charge in [-0.2, -0.15) is 0 Å². The maximum absolute atomic E-state index is 12.4. The summed E-state index contributed by atoms with van der Waals surface area (Å²) < 4.78 is 30.1. The number of sulfonamides is 1. The maximum atomic E-state index is 12.4. The van der Waals surface area contributed by atoms with Crippen LogP contribution in [0.2, 0.25) is 10.0 Å². The Balaban J connectivity index is 2.17. The summed E-state index contributed by atoms with van der Waals surface area (Å²) in [6.07, 6.45) is 0.964. The first-order valence-electron chi connectivity index (χ1n) is 8.12. The van der Waals surface area contributed by atoms with Crippen molar-refractivity contribution >= 4 is 56.5 Å². The number of benzene rings is 2. The molecule has 0 aliphatic rings. The van der Waals surface area contributed by atoms with Crippen molar-refractivity contribution in [2.75, 3.05) is 29.0 Å². The predicted octanol–water partition coefficient (Wildman–Crippen LogP) is 3.57.